The number of aliphatic hydroxyl groups excluding tert-OH is 1. The van der Waals surface area contributed by atoms with Crippen LogP contribution in [0.2, 0.25) is 5.02 Å². The van der Waals surface area contributed by atoms with Crippen molar-refractivity contribution in [1.29, 1.82) is 0 Å². The quantitative estimate of drug-likeness (QED) is 0.681. The third-order valence-electron chi connectivity index (χ3n) is 4.64. The van der Waals surface area contributed by atoms with Gasteiger partial charge < -0.3 is 10.4 Å². The number of nitrogens with zero attached hydrogens (tertiary/aromatic N) is 2. The summed E-state index contributed by atoms with van der Waals surface area (Å²) in [5, 5.41) is 12.8. The summed E-state index contributed by atoms with van der Waals surface area (Å²) in [4.78, 5) is 21.3. The molecule has 1 aliphatic rings. The molecule has 5 nitrogen and oxygen atoms in total. The molecule has 6 heteroatoms. The lowest BCUT2D eigenvalue weighted by Gasteiger charge is -2.08. The summed E-state index contributed by atoms with van der Waals surface area (Å²) < 4.78 is 0. The SMILES string of the molecule is Cc1cc2c(cc1Cl)NC(=O)CC(c1cccc(-c3ccnc(CO)c3)c1)=N2. The van der Waals surface area contributed by atoms with Crippen molar-refractivity contribution < 1.29 is 9.90 Å². The molecule has 0 radical (unpaired) electrons. The van der Waals surface area contributed by atoms with Crippen molar-refractivity contribution in [1.82, 2.24) is 4.98 Å². The molecule has 1 amide bonds. The van der Waals surface area contributed by atoms with E-state index >= 15 is 0 Å². The number of rotatable bonds is 3. The number of aromatic nitrogens is 1. The summed E-state index contributed by atoms with van der Waals surface area (Å²) in [6.07, 6.45) is 1.85. The largest absolute Gasteiger partial charge is 0.390 e. The van der Waals surface area contributed by atoms with E-state index < -0.39 is 0 Å². The lowest BCUT2D eigenvalue weighted by molar-refractivity contribution is -0.115. The molecule has 0 aliphatic carbocycles. The predicted molar refractivity (Wildman–Crippen MR) is 111 cm³/mol. The van der Waals surface area contributed by atoms with Crippen molar-refractivity contribution in [3.8, 4) is 11.1 Å². The van der Waals surface area contributed by atoms with Crippen LogP contribution in [-0.4, -0.2) is 21.7 Å². The Bertz CT molecular complexity index is 1110. The van der Waals surface area contributed by atoms with Crippen LogP contribution in [-0.2, 0) is 11.4 Å². The maximum atomic E-state index is 12.4. The third kappa shape index (κ3) is 3.67. The Morgan fingerprint density at radius 1 is 1.11 bits per heavy atom. The highest BCUT2D eigenvalue weighted by Gasteiger charge is 2.18. The van der Waals surface area contributed by atoms with E-state index in [2.05, 4.69) is 10.3 Å². The van der Waals surface area contributed by atoms with Gasteiger partial charge in [0.1, 0.15) is 0 Å². The standard InChI is InChI=1S/C22H18ClN3O2/c1-13-7-20-21(10-18(13)23)26-22(28)11-19(25-20)16-4-2-3-14(8-16)15-5-6-24-17(9-15)12-27/h2-10,27H,11-12H2,1H3,(H,26,28). The minimum Gasteiger partial charge on any atom is -0.390 e. The number of hydrogen-bond acceptors (Lipinski definition) is 4. The second-order valence-electron chi connectivity index (χ2n) is 6.68. The molecule has 28 heavy (non-hydrogen) atoms. The monoisotopic (exact) mass is 391 g/mol. The van der Waals surface area contributed by atoms with Crippen LogP contribution in [0.1, 0.15) is 23.2 Å². The summed E-state index contributed by atoms with van der Waals surface area (Å²) in [5.41, 5.74) is 6.30. The smallest absolute Gasteiger partial charge is 0.230 e. The van der Waals surface area contributed by atoms with E-state index in [1.54, 1.807) is 12.3 Å². The van der Waals surface area contributed by atoms with Crippen LogP contribution in [0.4, 0.5) is 11.4 Å². The summed E-state index contributed by atoms with van der Waals surface area (Å²) >= 11 is 6.19. The average Bonchev–Trinajstić information content (AvgIpc) is 2.86. The van der Waals surface area contributed by atoms with Crippen molar-refractivity contribution in [2.45, 2.75) is 20.0 Å². The third-order valence-corrected chi connectivity index (χ3v) is 5.05. The number of anilines is 1. The van der Waals surface area contributed by atoms with Crippen molar-refractivity contribution in [2.24, 2.45) is 4.99 Å². The second kappa shape index (κ2) is 7.54. The molecule has 2 N–H and O–H groups in total. The van der Waals surface area contributed by atoms with E-state index in [-0.39, 0.29) is 18.9 Å². The molecule has 2 aromatic carbocycles. The topological polar surface area (TPSA) is 74.6 Å². The van der Waals surface area contributed by atoms with Crippen LogP contribution < -0.4 is 5.32 Å². The molecule has 0 spiro atoms. The van der Waals surface area contributed by atoms with E-state index in [1.165, 1.54) is 0 Å². The Hall–Kier alpha value is -3.02. The van der Waals surface area contributed by atoms with Gasteiger partial charge in [0, 0.05) is 11.2 Å². The Morgan fingerprint density at radius 2 is 1.89 bits per heavy atom. The Labute approximate surface area is 167 Å². The predicted octanol–water partition coefficient (Wildman–Crippen LogP) is 4.67. The maximum Gasteiger partial charge on any atom is 0.230 e. The maximum absolute atomic E-state index is 12.4. The number of fused-ring (bicyclic) bond motifs is 1. The van der Waals surface area contributed by atoms with Crippen LogP contribution in [0.5, 0.6) is 0 Å². The first-order valence-electron chi connectivity index (χ1n) is 8.87. The average molecular weight is 392 g/mol. The second-order valence-corrected chi connectivity index (χ2v) is 7.08. The Balaban J connectivity index is 1.78. The van der Waals surface area contributed by atoms with Crippen LogP contribution in [0.25, 0.3) is 11.1 Å². The van der Waals surface area contributed by atoms with Gasteiger partial charge in [-0.2, -0.15) is 0 Å². The van der Waals surface area contributed by atoms with Gasteiger partial charge in [0.25, 0.3) is 0 Å². The van der Waals surface area contributed by atoms with E-state index in [1.807, 2.05) is 49.4 Å². The number of pyridine rings is 1. The Kier molecular flexibility index (Phi) is 4.94. The first-order chi connectivity index (χ1) is 13.5. The molecule has 0 bridgehead atoms. The van der Waals surface area contributed by atoms with Gasteiger partial charge >= 0.3 is 0 Å². The van der Waals surface area contributed by atoms with Crippen LogP contribution in [0, 0.1) is 6.92 Å². The molecule has 2 heterocycles. The number of halogens is 1. The molecule has 0 unspecified atom stereocenters. The van der Waals surface area contributed by atoms with Crippen molar-refractivity contribution in [3.05, 3.63) is 76.6 Å². The zero-order valence-corrected chi connectivity index (χ0v) is 16.0. The Morgan fingerprint density at radius 3 is 2.71 bits per heavy atom. The first-order valence-corrected chi connectivity index (χ1v) is 9.25. The number of amides is 1. The summed E-state index contributed by atoms with van der Waals surface area (Å²) in [6.45, 7) is 1.80. The van der Waals surface area contributed by atoms with E-state index in [0.29, 0.717) is 27.8 Å². The fraction of sp³-hybridized carbons (Fsp3) is 0.136. The highest BCUT2D eigenvalue weighted by atomic mass is 35.5. The molecule has 0 fully saturated rings. The van der Waals surface area contributed by atoms with Gasteiger partial charge in [-0.3, -0.25) is 14.8 Å². The number of benzene rings is 2. The van der Waals surface area contributed by atoms with Gasteiger partial charge in [0.2, 0.25) is 5.91 Å². The molecule has 1 aliphatic heterocycles. The highest BCUT2D eigenvalue weighted by Crippen LogP contribution is 2.34. The highest BCUT2D eigenvalue weighted by molar-refractivity contribution is 6.32. The van der Waals surface area contributed by atoms with Crippen molar-refractivity contribution in [3.63, 3.8) is 0 Å². The minimum atomic E-state index is -0.130. The number of nitrogens with one attached hydrogen (secondary N) is 1. The number of aliphatic hydroxyl groups is 1. The fourth-order valence-corrected chi connectivity index (χ4v) is 3.34. The van der Waals surface area contributed by atoms with Gasteiger partial charge in [0.05, 0.1) is 35.8 Å². The number of hydrogen-bond donors (Lipinski definition) is 2. The lowest BCUT2D eigenvalue weighted by atomic mass is 9.99. The normalized spacial score (nSPS) is 13.4. The van der Waals surface area contributed by atoms with Gasteiger partial charge in [-0.15, -0.1) is 0 Å². The number of carbonyl (C=O) groups is 1. The molecular weight excluding hydrogens is 374 g/mol. The van der Waals surface area contributed by atoms with Crippen LogP contribution in [0.15, 0.2) is 59.7 Å². The molecule has 0 atom stereocenters. The first kappa shape index (κ1) is 18.3. The molecule has 3 aromatic rings. The molecule has 140 valence electrons. The van der Waals surface area contributed by atoms with Crippen LogP contribution >= 0.6 is 11.6 Å². The molecule has 1 aromatic heterocycles. The van der Waals surface area contributed by atoms with Gasteiger partial charge in [-0.25, -0.2) is 0 Å². The number of aryl methyl sites for hydroxylation is 1. The zero-order valence-electron chi connectivity index (χ0n) is 15.2. The van der Waals surface area contributed by atoms with Gasteiger partial charge in [0.15, 0.2) is 0 Å². The zero-order chi connectivity index (χ0) is 19.7. The molecule has 4 rings (SSSR count). The molecule has 0 saturated carbocycles. The summed E-state index contributed by atoms with van der Waals surface area (Å²) in [5.74, 6) is -0.130. The van der Waals surface area contributed by atoms with E-state index in [4.69, 9.17) is 16.6 Å². The summed E-state index contributed by atoms with van der Waals surface area (Å²) in [6, 6.07) is 15.2. The minimum absolute atomic E-state index is 0.112. The fourth-order valence-electron chi connectivity index (χ4n) is 3.18. The van der Waals surface area contributed by atoms with E-state index in [0.717, 1.165) is 22.3 Å². The molecule has 0 saturated heterocycles. The number of carbonyl (C=O) groups excluding carboxylic acids is 1. The summed E-state index contributed by atoms with van der Waals surface area (Å²) in [7, 11) is 0. The number of aliphatic imine (C=N–C) groups is 1. The molecular formula is C22H18ClN3O2. The lowest BCUT2D eigenvalue weighted by Crippen LogP contribution is -2.15. The van der Waals surface area contributed by atoms with Gasteiger partial charge in [-0.1, -0.05) is 29.8 Å². The van der Waals surface area contributed by atoms with Crippen molar-refractivity contribution in [2.75, 3.05) is 5.32 Å². The van der Waals surface area contributed by atoms with Gasteiger partial charge in [-0.05, 0) is 59.5 Å². The van der Waals surface area contributed by atoms with Crippen LogP contribution in [0.3, 0.4) is 0 Å². The van der Waals surface area contributed by atoms with E-state index in [9.17, 15) is 9.90 Å². The van der Waals surface area contributed by atoms with Crippen molar-refractivity contribution >= 4 is 34.6 Å².